The highest BCUT2D eigenvalue weighted by Crippen LogP contribution is 2.17. The van der Waals surface area contributed by atoms with Crippen molar-refractivity contribution in [1.82, 2.24) is 9.97 Å². The van der Waals surface area contributed by atoms with E-state index in [0.29, 0.717) is 6.07 Å². The van der Waals surface area contributed by atoms with E-state index in [-0.39, 0.29) is 11.7 Å². The van der Waals surface area contributed by atoms with E-state index >= 15 is 0 Å². The van der Waals surface area contributed by atoms with Gasteiger partial charge in [-0.15, -0.1) is 0 Å². The lowest BCUT2D eigenvalue weighted by Crippen LogP contribution is -2.21. The molecule has 1 aromatic heterocycles. The summed E-state index contributed by atoms with van der Waals surface area (Å²) in [5.41, 5.74) is 0. The van der Waals surface area contributed by atoms with E-state index in [9.17, 15) is 13.6 Å². The first-order valence-corrected chi connectivity index (χ1v) is 5.02. The van der Waals surface area contributed by atoms with Crippen LogP contribution in [0.15, 0.2) is 30.6 Å². The summed E-state index contributed by atoms with van der Waals surface area (Å²) in [5.74, 6) is -2.00. The van der Waals surface area contributed by atoms with Gasteiger partial charge in [0.15, 0.2) is 18.2 Å². The van der Waals surface area contributed by atoms with Crippen LogP contribution in [0.4, 0.5) is 14.7 Å². The topological polar surface area (TPSA) is 67.0 Å². The van der Waals surface area contributed by atoms with Crippen molar-refractivity contribution in [2.75, 3.05) is 11.9 Å². The van der Waals surface area contributed by atoms with Gasteiger partial charge in [0.05, 0.1) is 0 Å². The molecule has 1 aromatic carbocycles. The molecule has 0 unspecified atom stereocenters. The van der Waals surface area contributed by atoms with Gasteiger partial charge in [0.25, 0.3) is 5.91 Å². The zero-order valence-corrected chi connectivity index (χ0v) is 9.11. The number of ether oxygens (including phenoxy) is 1. The first kappa shape index (κ1) is 12.0. The van der Waals surface area contributed by atoms with Gasteiger partial charge in [-0.05, 0) is 12.1 Å². The second-order valence-corrected chi connectivity index (χ2v) is 3.35. The predicted octanol–water partition coefficient (Wildman–Crippen LogP) is 1.71. The number of nitrogens with one attached hydrogen (secondary N) is 2. The Kier molecular flexibility index (Phi) is 3.52. The Hall–Kier alpha value is -2.44. The number of imidazole rings is 1. The molecule has 7 heteroatoms. The van der Waals surface area contributed by atoms with Gasteiger partial charge in [-0.3, -0.25) is 10.1 Å². The van der Waals surface area contributed by atoms with Crippen molar-refractivity contribution in [3.05, 3.63) is 42.2 Å². The molecule has 1 amide bonds. The fraction of sp³-hybridized carbons (Fsp3) is 0.0909. The zero-order chi connectivity index (χ0) is 13.0. The van der Waals surface area contributed by atoms with Gasteiger partial charge in [0, 0.05) is 18.5 Å². The van der Waals surface area contributed by atoms with Gasteiger partial charge in [-0.25, -0.2) is 13.8 Å². The molecule has 0 aliphatic rings. The van der Waals surface area contributed by atoms with E-state index in [4.69, 9.17) is 4.74 Å². The van der Waals surface area contributed by atoms with Crippen molar-refractivity contribution in [2.45, 2.75) is 0 Å². The molecule has 0 aliphatic carbocycles. The number of rotatable bonds is 4. The second kappa shape index (κ2) is 5.26. The number of hydrogen-bond acceptors (Lipinski definition) is 3. The standard InChI is InChI=1S/C11H9F2N3O2/c12-7-1-2-9(8(13)5-7)18-6-10(17)16-11-14-3-4-15-11/h1-5H,6H2,(H2,14,15,16,17). The average molecular weight is 253 g/mol. The molecular formula is C11H9F2N3O2. The molecule has 94 valence electrons. The maximum Gasteiger partial charge on any atom is 0.264 e. The molecule has 0 bridgehead atoms. The predicted molar refractivity (Wildman–Crippen MR) is 59.1 cm³/mol. The van der Waals surface area contributed by atoms with Crippen LogP contribution >= 0.6 is 0 Å². The van der Waals surface area contributed by atoms with Crippen LogP contribution in [0.25, 0.3) is 0 Å². The third kappa shape index (κ3) is 3.03. The lowest BCUT2D eigenvalue weighted by atomic mass is 10.3. The number of aromatic nitrogens is 2. The summed E-state index contributed by atoms with van der Waals surface area (Å²) in [6, 6.07) is 2.84. The summed E-state index contributed by atoms with van der Waals surface area (Å²) >= 11 is 0. The largest absolute Gasteiger partial charge is 0.481 e. The minimum absolute atomic E-state index is 0.189. The molecule has 2 aromatic rings. The van der Waals surface area contributed by atoms with Gasteiger partial charge in [0.2, 0.25) is 5.95 Å². The van der Waals surface area contributed by atoms with Gasteiger partial charge >= 0.3 is 0 Å². The number of H-pyrrole nitrogens is 1. The van der Waals surface area contributed by atoms with Crippen LogP contribution in [-0.2, 0) is 4.79 Å². The average Bonchev–Trinajstić information content (AvgIpc) is 2.80. The Morgan fingerprint density at radius 3 is 2.94 bits per heavy atom. The number of carbonyl (C=O) groups excluding carboxylic acids is 1. The van der Waals surface area contributed by atoms with Gasteiger partial charge in [-0.1, -0.05) is 0 Å². The van der Waals surface area contributed by atoms with E-state index in [1.165, 1.54) is 12.4 Å². The maximum absolute atomic E-state index is 13.2. The summed E-state index contributed by atoms with van der Waals surface area (Å²) in [4.78, 5) is 17.8. The zero-order valence-electron chi connectivity index (χ0n) is 9.11. The van der Waals surface area contributed by atoms with Crippen molar-refractivity contribution in [3.8, 4) is 5.75 Å². The summed E-state index contributed by atoms with van der Waals surface area (Å²) in [6.07, 6.45) is 3.01. The molecule has 0 fully saturated rings. The van der Waals surface area contributed by atoms with E-state index in [0.717, 1.165) is 12.1 Å². The number of aromatic amines is 1. The normalized spacial score (nSPS) is 10.1. The van der Waals surface area contributed by atoms with Crippen molar-refractivity contribution in [2.24, 2.45) is 0 Å². The van der Waals surface area contributed by atoms with E-state index < -0.39 is 24.1 Å². The van der Waals surface area contributed by atoms with E-state index in [2.05, 4.69) is 15.3 Å². The Bertz CT molecular complexity index is 543. The van der Waals surface area contributed by atoms with Crippen LogP contribution in [0.3, 0.4) is 0 Å². The van der Waals surface area contributed by atoms with Crippen molar-refractivity contribution < 1.29 is 18.3 Å². The molecule has 0 atom stereocenters. The molecule has 2 rings (SSSR count). The number of carbonyl (C=O) groups is 1. The minimum Gasteiger partial charge on any atom is -0.481 e. The Morgan fingerprint density at radius 1 is 1.44 bits per heavy atom. The third-order valence-electron chi connectivity index (χ3n) is 2.01. The van der Waals surface area contributed by atoms with Crippen LogP contribution in [0.1, 0.15) is 0 Å². The third-order valence-corrected chi connectivity index (χ3v) is 2.01. The number of hydrogen-bond donors (Lipinski definition) is 2. The molecule has 0 aliphatic heterocycles. The van der Waals surface area contributed by atoms with Crippen LogP contribution in [0.2, 0.25) is 0 Å². The van der Waals surface area contributed by atoms with Crippen LogP contribution in [-0.4, -0.2) is 22.5 Å². The Labute approximate surface area is 101 Å². The molecule has 0 saturated heterocycles. The molecule has 0 saturated carbocycles. The number of halogens is 2. The smallest absolute Gasteiger partial charge is 0.264 e. The minimum atomic E-state index is -0.860. The molecular weight excluding hydrogens is 244 g/mol. The van der Waals surface area contributed by atoms with Crippen LogP contribution < -0.4 is 10.1 Å². The summed E-state index contributed by atoms with van der Waals surface area (Å²) in [5, 5.41) is 2.40. The SMILES string of the molecule is O=C(COc1ccc(F)cc1F)Nc1ncc[nH]1. The second-order valence-electron chi connectivity index (χ2n) is 3.35. The number of anilines is 1. The molecule has 0 spiro atoms. The molecule has 2 N–H and O–H groups in total. The number of amides is 1. The molecule has 1 heterocycles. The lowest BCUT2D eigenvalue weighted by molar-refractivity contribution is -0.118. The molecule has 18 heavy (non-hydrogen) atoms. The lowest BCUT2D eigenvalue weighted by Gasteiger charge is -2.06. The highest BCUT2D eigenvalue weighted by Gasteiger charge is 2.08. The first-order chi connectivity index (χ1) is 8.65. The number of benzene rings is 1. The molecule has 0 radical (unpaired) electrons. The fourth-order valence-corrected chi connectivity index (χ4v) is 1.24. The van der Waals surface area contributed by atoms with Gasteiger partial charge in [0.1, 0.15) is 5.82 Å². The Morgan fingerprint density at radius 2 is 2.28 bits per heavy atom. The van der Waals surface area contributed by atoms with Crippen molar-refractivity contribution in [3.63, 3.8) is 0 Å². The maximum atomic E-state index is 13.2. The van der Waals surface area contributed by atoms with Crippen LogP contribution in [0.5, 0.6) is 5.75 Å². The van der Waals surface area contributed by atoms with Crippen LogP contribution in [0, 0.1) is 11.6 Å². The summed E-state index contributed by atoms with van der Waals surface area (Å²) in [7, 11) is 0. The van der Waals surface area contributed by atoms with E-state index in [1.807, 2.05) is 0 Å². The summed E-state index contributed by atoms with van der Waals surface area (Å²) in [6.45, 7) is -0.400. The van der Waals surface area contributed by atoms with Crippen molar-refractivity contribution >= 4 is 11.9 Å². The van der Waals surface area contributed by atoms with Crippen molar-refractivity contribution in [1.29, 1.82) is 0 Å². The van der Waals surface area contributed by atoms with Gasteiger partial charge < -0.3 is 9.72 Å². The van der Waals surface area contributed by atoms with E-state index in [1.54, 1.807) is 0 Å². The highest BCUT2D eigenvalue weighted by molar-refractivity contribution is 5.90. The monoisotopic (exact) mass is 253 g/mol. The highest BCUT2D eigenvalue weighted by atomic mass is 19.1. The fourth-order valence-electron chi connectivity index (χ4n) is 1.24. The first-order valence-electron chi connectivity index (χ1n) is 5.02. The van der Waals surface area contributed by atoms with Gasteiger partial charge in [-0.2, -0.15) is 0 Å². The number of nitrogens with zero attached hydrogens (tertiary/aromatic N) is 1. The summed E-state index contributed by atoms with van der Waals surface area (Å²) < 4.78 is 30.7. The quantitative estimate of drug-likeness (QED) is 0.871. The Balaban J connectivity index is 1.89. The molecule has 5 nitrogen and oxygen atoms in total.